The van der Waals surface area contributed by atoms with Gasteiger partial charge in [0.2, 0.25) is 15.9 Å². The minimum atomic E-state index is -0.379. The summed E-state index contributed by atoms with van der Waals surface area (Å²) in [5.74, 6) is -0.160. The molecule has 0 spiro atoms. The predicted octanol–water partition coefficient (Wildman–Crippen LogP) is 2.62. The standard InChI is InChI=1S/C21H25N5O3S/c1-13-2-4-16(5-3-13)23-18(28)19-24-25-20(30-19)21(29)26-10-8-14(9-11-26)12-17(27)22-15-6-7-15/h2-5,14-15H,6-12H2,1H3,(H,22,27)(H,23,28). The monoisotopic (exact) mass is 427 g/mol. The second kappa shape index (κ2) is 8.91. The maximum absolute atomic E-state index is 12.7. The van der Waals surface area contributed by atoms with Crippen molar-refractivity contribution in [3.63, 3.8) is 0 Å². The third-order valence-corrected chi connectivity index (χ3v) is 6.34. The molecule has 0 radical (unpaired) electrons. The Bertz CT molecular complexity index is 930. The molecule has 2 fully saturated rings. The maximum atomic E-state index is 12.7. The van der Waals surface area contributed by atoms with E-state index in [4.69, 9.17) is 0 Å². The molecule has 30 heavy (non-hydrogen) atoms. The molecule has 1 aromatic heterocycles. The van der Waals surface area contributed by atoms with E-state index in [0.717, 1.165) is 42.6 Å². The van der Waals surface area contributed by atoms with Crippen molar-refractivity contribution in [1.82, 2.24) is 20.4 Å². The Morgan fingerprint density at radius 1 is 1.03 bits per heavy atom. The van der Waals surface area contributed by atoms with Crippen LogP contribution in [-0.2, 0) is 4.79 Å². The first-order valence-corrected chi connectivity index (χ1v) is 11.1. The van der Waals surface area contributed by atoms with E-state index in [2.05, 4.69) is 20.8 Å². The zero-order chi connectivity index (χ0) is 21.1. The van der Waals surface area contributed by atoms with Crippen LogP contribution in [0.3, 0.4) is 0 Å². The minimum absolute atomic E-state index is 0.121. The molecule has 8 nitrogen and oxygen atoms in total. The van der Waals surface area contributed by atoms with Gasteiger partial charge in [0.1, 0.15) is 0 Å². The molecule has 3 amide bonds. The van der Waals surface area contributed by atoms with Gasteiger partial charge in [0, 0.05) is 31.2 Å². The van der Waals surface area contributed by atoms with Crippen molar-refractivity contribution in [2.45, 2.75) is 45.1 Å². The summed E-state index contributed by atoms with van der Waals surface area (Å²) in [6.45, 7) is 3.15. The fraction of sp³-hybridized carbons (Fsp3) is 0.476. The highest BCUT2D eigenvalue weighted by atomic mass is 32.1. The molecule has 1 aliphatic heterocycles. The number of carbonyl (C=O) groups excluding carboxylic acids is 3. The molecular formula is C21H25N5O3S. The lowest BCUT2D eigenvalue weighted by Crippen LogP contribution is -2.39. The first-order chi connectivity index (χ1) is 14.5. The molecule has 0 unspecified atom stereocenters. The number of amides is 3. The van der Waals surface area contributed by atoms with Crippen LogP contribution < -0.4 is 10.6 Å². The largest absolute Gasteiger partial charge is 0.353 e. The Labute approximate surface area is 179 Å². The lowest BCUT2D eigenvalue weighted by Gasteiger charge is -2.31. The Kier molecular flexibility index (Phi) is 6.08. The van der Waals surface area contributed by atoms with Gasteiger partial charge in [-0.25, -0.2) is 0 Å². The summed E-state index contributed by atoms with van der Waals surface area (Å²) < 4.78 is 0. The number of aromatic nitrogens is 2. The zero-order valence-electron chi connectivity index (χ0n) is 16.9. The van der Waals surface area contributed by atoms with E-state index in [1.807, 2.05) is 31.2 Å². The van der Waals surface area contributed by atoms with E-state index < -0.39 is 0 Å². The molecule has 1 aliphatic carbocycles. The van der Waals surface area contributed by atoms with Crippen molar-refractivity contribution in [1.29, 1.82) is 0 Å². The van der Waals surface area contributed by atoms with Crippen LogP contribution in [0.4, 0.5) is 5.69 Å². The van der Waals surface area contributed by atoms with Crippen molar-refractivity contribution in [3.05, 3.63) is 39.8 Å². The molecule has 2 aliphatic rings. The van der Waals surface area contributed by atoms with E-state index in [1.54, 1.807) is 4.90 Å². The summed E-state index contributed by atoms with van der Waals surface area (Å²) >= 11 is 1.00. The predicted molar refractivity (Wildman–Crippen MR) is 113 cm³/mol. The van der Waals surface area contributed by atoms with E-state index in [9.17, 15) is 14.4 Å². The van der Waals surface area contributed by atoms with Crippen LogP contribution in [0.2, 0.25) is 0 Å². The first-order valence-electron chi connectivity index (χ1n) is 10.3. The molecular weight excluding hydrogens is 402 g/mol. The molecule has 4 rings (SSSR count). The molecule has 2 N–H and O–H groups in total. The van der Waals surface area contributed by atoms with Crippen molar-refractivity contribution < 1.29 is 14.4 Å². The third-order valence-electron chi connectivity index (χ3n) is 5.43. The highest BCUT2D eigenvalue weighted by Crippen LogP contribution is 2.24. The Hall–Kier alpha value is -2.81. The van der Waals surface area contributed by atoms with Gasteiger partial charge in [0.25, 0.3) is 11.8 Å². The molecule has 2 heterocycles. The van der Waals surface area contributed by atoms with Crippen molar-refractivity contribution >= 4 is 34.7 Å². The highest BCUT2D eigenvalue weighted by Gasteiger charge is 2.29. The van der Waals surface area contributed by atoms with Gasteiger partial charge < -0.3 is 15.5 Å². The summed E-state index contributed by atoms with van der Waals surface area (Å²) in [5.41, 5.74) is 1.77. The van der Waals surface area contributed by atoms with E-state index >= 15 is 0 Å². The van der Waals surface area contributed by atoms with Crippen molar-refractivity contribution in [2.24, 2.45) is 5.92 Å². The average molecular weight is 428 g/mol. The van der Waals surface area contributed by atoms with Gasteiger partial charge in [-0.15, -0.1) is 10.2 Å². The minimum Gasteiger partial charge on any atom is -0.353 e. The van der Waals surface area contributed by atoms with E-state index in [1.165, 1.54) is 0 Å². The molecule has 158 valence electrons. The number of carbonyl (C=O) groups is 3. The number of nitrogens with zero attached hydrogens (tertiary/aromatic N) is 3. The molecule has 0 atom stereocenters. The third kappa shape index (κ3) is 5.21. The molecule has 1 saturated heterocycles. The van der Waals surface area contributed by atoms with Gasteiger partial charge in [-0.2, -0.15) is 0 Å². The quantitative estimate of drug-likeness (QED) is 0.737. The lowest BCUT2D eigenvalue weighted by molar-refractivity contribution is -0.122. The highest BCUT2D eigenvalue weighted by molar-refractivity contribution is 7.15. The van der Waals surface area contributed by atoms with Gasteiger partial charge in [-0.05, 0) is 50.7 Å². The summed E-state index contributed by atoms with van der Waals surface area (Å²) in [6.07, 6.45) is 4.30. The number of likely N-dealkylation sites (tertiary alicyclic amines) is 1. The fourth-order valence-corrected chi connectivity index (χ4v) is 4.18. The summed E-state index contributed by atoms with van der Waals surface area (Å²) in [6, 6.07) is 7.83. The molecule has 9 heteroatoms. The molecule has 2 aromatic rings. The molecule has 1 saturated carbocycles. The maximum Gasteiger partial charge on any atom is 0.286 e. The second-order valence-corrected chi connectivity index (χ2v) is 8.99. The van der Waals surface area contributed by atoms with Gasteiger partial charge in [0.15, 0.2) is 0 Å². The molecule has 0 bridgehead atoms. The van der Waals surface area contributed by atoms with Crippen molar-refractivity contribution in [2.75, 3.05) is 18.4 Å². The topological polar surface area (TPSA) is 104 Å². The number of nitrogens with one attached hydrogen (secondary N) is 2. The number of piperidine rings is 1. The van der Waals surface area contributed by atoms with Crippen LogP contribution in [0.25, 0.3) is 0 Å². The van der Waals surface area contributed by atoms with Crippen LogP contribution in [-0.4, -0.2) is 52.0 Å². The van der Waals surface area contributed by atoms with Gasteiger partial charge in [-0.3, -0.25) is 14.4 Å². The Morgan fingerprint density at radius 2 is 1.70 bits per heavy atom. The van der Waals surface area contributed by atoms with Crippen molar-refractivity contribution in [3.8, 4) is 0 Å². The first kappa shape index (κ1) is 20.5. The summed E-state index contributed by atoms with van der Waals surface area (Å²) in [4.78, 5) is 38.8. The summed E-state index contributed by atoms with van der Waals surface area (Å²) in [5, 5.41) is 14.0. The Balaban J connectivity index is 1.28. The number of anilines is 1. The smallest absolute Gasteiger partial charge is 0.286 e. The van der Waals surface area contributed by atoms with Crippen LogP contribution >= 0.6 is 11.3 Å². The van der Waals surface area contributed by atoms with Gasteiger partial charge >= 0.3 is 0 Å². The van der Waals surface area contributed by atoms with Crippen LogP contribution in [0.15, 0.2) is 24.3 Å². The zero-order valence-corrected chi connectivity index (χ0v) is 17.7. The fourth-order valence-electron chi connectivity index (χ4n) is 3.47. The number of aryl methyl sites for hydroxylation is 1. The number of benzene rings is 1. The van der Waals surface area contributed by atoms with Gasteiger partial charge in [-0.1, -0.05) is 29.0 Å². The average Bonchev–Trinajstić information content (AvgIpc) is 3.40. The number of hydrogen-bond acceptors (Lipinski definition) is 6. The van der Waals surface area contributed by atoms with E-state index in [0.29, 0.717) is 37.2 Å². The lowest BCUT2D eigenvalue weighted by atomic mass is 9.93. The molecule has 1 aromatic carbocycles. The van der Waals surface area contributed by atoms with Gasteiger partial charge in [0.05, 0.1) is 0 Å². The van der Waals surface area contributed by atoms with Crippen LogP contribution in [0.5, 0.6) is 0 Å². The van der Waals surface area contributed by atoms with Crippen LogP contribution in [0.1, 0.15) is 57.3 Å². The number of rotatable bonds is 6. The van der Waals surface area contributed by atoms with E-state index in [-0.39, 0.29) is 27.7 Å². The normalized spacial score (nSPS) is 16.9. The summed E-state index contributed by atoms with van der Waals surface area (Å²) in [7, 11) is 0. The number of hydrogen-bond donors (Lipinski definition) is 2. The van der Waals surface area contributed by atoms with Crippen LogP contribution in [0, 0.1) is 12.8 Å². The SMILES string of the molecule is Cc1ccc(NC(=O)c2nnc(C(=O)N3CCC(CC(=O)NC4CC4)CC3)s2)cc1. The Morgan fingerprint density at radius 3 is 2.37 bits per heavy atom. The second-order valence-electron chi connectivity index (χ2n) is 8.01.